The first-order chi connectivity index (χ1) is 11.5. The van der Waals surface area contributed by atoms with Crippen molar-refractivity contribution in [1.29, 1.82) is 0 Å². The molecule has 2 rings (SSSR count). The van der Waals surface area contributed by atoms with Gasteiger partial charge >= 0.3 is 0 Å². The molecule has 0 aromatic heterocycles. The first-order valence-electron chi connectivity index (χ1n) is 8.22. The fourth-order valence-electron chi connectivity index (χ4n) is 2.67. The van der Waals surface area contributed by atoms with Crippen molar-refractivity contribution < 1.29 is 13.6 Å². The van der Waals surface area contributed by atoms with Gasteiger partial charge in [-0.05, 0) is 43.5 Å². The largest absolute Gasteiger partial charge is 0.357 e. The summed E-state index contributed by atoms with van der Waals surface area (Å²) in [5, 5.41) is 6.43. The molecule has 1 aromatic rings. The molecule has 1 fully saturated rings. The summed E-state index contributed by atoms with van der Waals surface area (Å²) in [7, 11) is 1.78. The van der Waals surface area contributed by atoms with Gasteiger partial charge in [-0.15, -0.1) is 0 Å². The third-order valence-electron chi connectivity index (χ3n) is 3.97. The number of halogens is 2. The maximum Gasteiger partial charge on any atom is 0.222 e. The summed E-state index contributed by atoms with van der Waals surface area (Å²) >= 11 is 0. The van der Waals surface area contributed by atoms with Crippen LogP contribution in [0.3, 0.4) is 0 Å². The van der Waals surface area contributed by atoms with Crippen molar-refractivity contribution in [2.45, 2.75) is 32.2 Å². The number of aliphatic imine (C=N–C) groups is 1. The van der Waals surface area contributed by atoms with E-state index in [2.05, 4.69) is 15.6 Å². The van der Waals surface area contributed by atoms with E-state index in [4.69, 9.17) is 0 Å². The van der Waals surface area contributed by atoms with Crippen LogP contribution in [0.25, 0.3) is 0 Å². The van der Waals surface area contributed by atoms with Crippen molar-refractivity contribution >= 4 is 11.9 Å². The number of hydrogen-bond donors (Lipinski definition) is 2. The van der Waals surface area contributed by atoms with E-state index >= 15 is 0 Å². The zero-order valence-corrected chi connectivity index (χ0v) is 14.1. The molecule has 0 spiro atoms. The van der Waals surface area contributed by atoms with Crippen LogP contribution in [0.2, 0.25) is 0 Å². The molecule has 0 saturated carbocycles. The van der Waals surface area contributed by atoms with E-state index in [1.165, 1.54) is 6.07 Å². The van der Waals surface area contributed by atoms with E-state index < -0.39 is 11.6 Å². The number of rotatable bonds is 5. The molecule has 1 amide bonds. The van der Waals surface area contributed by atoms with Crippen molar-refractivity contribution in [2.75, 3.05) is 26.7 Å². The summed E-state index contributed by atoms with van der Waals surface area (Å²) in [6, 6.07) is 3.57. The first kappa shape index (κ1) is 18.2. The Balaban J connectivity index is 1.93. The zero-order chi connectivity index (χ0) is 17.5. The molecule has 0 radical (unpaired) electrons. The zero-order valence-electron chi connectivity index (χ0n) is 14.1. The molecular formula is C17H24F2N4O. The number of likely N-dealkylation sites (N-methyl/N-ethyl adjacent to an activating group) is 1. The van der Waals surface area contributed by atoms with Gasteiger partial charge < -0.3 is 15.5 Å². The molecule has 1 saturated heterocycles. The van der Waals surface area contributed by atoms with Crippen LogP contribution < -0.4 is 10.6 Å². The highest BCUT2D eigenvalue weighted by atomic mass is 19.1. The summed E-state index contributed by atoms with van der Waals surface area (Å²) in [5.74, 6) is -0.0917. The van der Waals surface area contributed by atoms with E-state index in [-0.39, 0.29) is 11.9 Å². The van der Waals surface area contributed by atoms with E-state index in [0.717, 1.165) is 18.6 Å². The minimum atomic E-state index is -0.449. The summed E-state index contributed by atoms with van der Waals surface area (Å²) in [5.41, 5.74) is 0.317. The number of nitrogens with zero attached hydrogens (tertiary/aromatic N) is 2. The topological polar surface area (TPSA) is 56.7 Å². The highest BCUT2D eigenvalue weighted by Crippen LogP contribution is 2.11. The molecule has 1 aromatic carbocycles. The van der Waals surface area contributed by atoms with Crippen LogP contribution in [0.1, 0.15) is 25.3 Å². The van der Waals surface area contributed by atoms with Crippen LogP contribution in [-0.4, -0.2) is 49.5 Å². The van der Waals surface area contributed by atoms with Crippen LogP contribution >= 0.6 is 0 Å². The molecule has 1 atom stereocenters. The highest BCUT2D eigenvalue weighted by molar-refractivity contribution is 5.81. The van der Waals surface area contributed by atoms with Gasteiger partial charge in [0, 0.05) is 39.1 Å². The molecule has 132 valence electrons. The second-order valence-corrected chi connectivity index (χ2v) is 5.90. The smallest absolute Gasteiger partial charge is 0.222 e. The average molecular weight is 338 g/mol. The lowest BCUT2D eigenvalue weighted by atomic mass is 10.1. The molecule has 7 heteroatoms. The summed E-state index contributed by atoms with van der Waals surface area (Å²) in [4.78, 5) is 17.6. The Hall–Kier alpha value is -2.18. The number of likely N-dealkylation sites (tertiary alicyclic amines) is 1. The van der Waals surface area contributed by atoms with Crippen LogP contribution in [0.5, 0.6) is 0 Å². The quantitative estimate of drug-likeness (QED) is 0.634. The van der Waals surface area contributed by atoms with Crippen molar-refractivity contribution in [2.24, 2.45) is 4.99 Å². The average Bonchev–Trinajstić information content (AvgIpc) is 2.54. The van der Waals surface area contributed by atoms with Crippen LogP contribution in [-0.2, 0) is 11.2 Å². The van der Waals surface area contributed by atoms with Crippen LogP contribution in [0, 0.1) is 11.6 Å². The van der Waals surface area contributed by atoms with E-state index in [9.17, 15) is 13.6 Å². The number of carbonyl (C=O) groups is 1. The fourth-order valence-corrected chi connectivity index (χ4v) is 2.67. The van der Waals surface area contributed by atoms with E-state index in [1.54, 1.807) is 11.9 Å². The van der Waals surface area contributed by atoms with Gasteiger partial charge in [0.2, 0.25) is 5.91 Å². The van der Waals surface area contributed by atoms with Gasteiger partial charge in [-0.1, -0.05) is 0 Å². The van der Waals surface area contributed by atoms with E-state index in [0.29, 0.717) is 44.0 Å². The number of guanidine groups is 1. The minimum absolute atomic E-state index is 0.136. The molecule has 24 heavy (non-hydrogen) atoms. The lowest BCUT2D eigenvalue weighted by molar-refractivity contribution is -0.132. The molecule has 0 aliphatic carbocycles. The van der Waals surface area contributed by atoms with Crippen molar-refractivity contribution in [3.63, 3.8) is 0 Å². The summed E-state index contributed by atoms with van der Waals surface area (Å²) < 4.78 is 26.8. The Labute approximate surface area is 141 Å². The fraction of sp³-hybridized carbons (Fsp3) is 0.529. The monoisotopic (exact) mass is 338 g/mol. The summed E-state index contributed by atoms with van der Waals surface area (Å²) in [6.45, 7) is 3.63. The Morgan fingerprint density at radius 2 is 2.21 bits per heavy atom. The predicted molar refractivity (Wildman–Crippen MR) is 89.8 cm³/mol. The molecule has 1 heterocycles. The van der Waals surface area contributed by atoms with Crippen molar-refractivity contribution in [1.82, 2.24) is 15.5 Å². The SMILES string of the molecule is CCNC(=NCCc1cc(F)ccc1F)NC1CCC(=O)N(C)C1. The lowest BCUT2D eigenvalue weighted by Crippen LogP contribution is -2.51. The molecule has 1 unspecified atom stereocenters. The first-order valence-corrected chi connectivity index (χ1v) is 8.22. The van der Waals surface area contributed by atoms with E-state index in [1.807, 2.05) is 6.92 Å². The van der Waals surface area contributed by atoms with Gasteiger partial charge in [-0.3, -0.25) is 9.79 Å². The van der Waals surface area contributed by atoms with Gasteiger partial charge in [-0.2, -0.15) is 0 Å². The summed E-state index contributed by atoms with van der Waals surface area (Å²) in [6.07, 6.45) is 1.59. The molecule has 5 nitrogen and oxygen atoms in total. The Kier molecular flexibility index (Phi) is 6.52. The number of benzene rings is 1. The Bertz CT molecular complexity index is 606. The van der Waals surface area contributed by atoms with Crippen LogP contribution in [0.15, 0.2) is 23.2 Å². The molecule has 1 aliphatic heterocycles. The van der Waals surface area contributed by atoms with Crippen LogP contribution in [0.4, 0.5) is 8.78 Å². The Morgan fingerprint density at radius 3 is 2.92 bits per heavy atom. The third-order valence-corrected chi connectivity index (χ3v) is 3.97. The standard InChI is InChI=1S/C17H24F2N4O/c1-3-20-17(22-14-5-7-16(24)23(2)11-14)21-9-8-12-10-13(18)4-6-15(12)19/h4,6,10,14H,3,5,7-9,11H2,1-2H3,(H2,20,21,22). The van der Waals surface area contributed by atoms with Crippen molar-refractivity contribution in [3.05, 3.63) is 35.4 Å². The normalized spacial score (nSPS) is 18.7. The lowest BCUT2D eigenvalue weighted by Gasteiger charge is -2.31. The van der Waals surface area contributed by atoms with Gasteiger partial charge in [0.25, 0.3) is 0 Å². The van der Waals surface area contributed by atoms with Gasteiger partial charge in [0.05, 0.1) is 0 Å². The van der Waals surface area contributed by atoms with Gasteiger partial charge in [0.1, 0.15) is 11.6 Å². The van der Waals surface area contributed by atoms with Gasteiger partial charge in [0.15, 0.2) is 5.96 Å². The number of hydrogen-bond acceptors (Lipinski definition) is 2. The molecular weight excluding hydrogens is 314 g/mol. The Morgan fingerprint density at radius 1 is 1.42 bits per heavy atom. The second-order valence-electron chi connectivity index (χ2n) is 5.90. The maximum atomic E-state index is 13.6. The number of amides is 1. The second kappa shape index (κ2) is 8.61. The number of carbonyl (C=O) groups excluding carboxylic acids is 1. The number of nitrogens with one attached hydrogen (secondary N) is 2. The van der Waals surface area contributed by atoms with Crippen molar-refractivity contribution in [3.8, 4) is 0 Å². The molecule has 2 N–H and O–H groups in total. The maximum absolute atomic E-state index is 13.6. The number of piperidine rings is 1. The predicted octanol–water partition coefficient (Wildman–Crippen LogP) is 1.68. The molecule has 0 bridgehead atoms. The minimum Gasteiger partial charge on any atom is -0.357 e. The third kappa shape index (κ3) is 5.18. The van der Waals surface area contributed by atoms with Gasteiger partial charge in [-0.25, -0.2) is 8.78 Å². The highest BCUT2D eigenvalue weighted by Gasteiger charge is 2.23. The molecule has 1 aliphatic rings.